The fourth-order valence-corrected chi connectivity index (χ4v) is 2.26. The Morgan fingerprint density at radius 3 is 2.83 bits per heavy atom. The van der Waals surface area contributed by atoms with Gasteiger partial charge in [0.1, 0.15) is 11.7 Å². The van der Waals surface area contributed by atoms with Crippen molar-refractivity contribution < 1.29 is 14.7 Å². The molecule has 1 amide bonds. The minimum absolute atomic E-state index is 0.296. The maximum Gasteiger partial charge on any atom is 0.326 e. The molecule has 1 aromatic heterocycles. The Balaban J connectivity index is 2.20. The third kappa shape index (κ3) is 2.50. The van der Waals surface area contributed by atoms with Gasteiger partial charge in [0.25, 0.3) is 5.91 Å². The molecule has 0 aliphatic carbocycles. The van der Waals surface area contributed by atoms with Gasteiger partial charge in [-0.1, -0.05) is 13.0 Å². The molecule has 2 unspecified atom stereocenters. The SMILES string of the molecule is CC1CCN(C(=O)c2ccccn2)C(C(=O)O)C1. The van der Waals surface area contributed by atoms with Crippen molar-refractivity contribution >= 4 is 11.9 Å². The van der Waals surface area contributed by atoms with Gasteiger partial charge in [0.15, 0.2) is 0 Å². The molecule has 1 aliphatic rings. The van der Waals surface area contributed by atoms with Crippen LogP contribution in [0.25, 0.3) is 0 Å². The highest BCUT2D eigenvalue weighted by Gasteiger charge is 2.35. The summed E-state index contributed by atoms with van der Waals surface area (Å²) in [6.07, 6.45) is 2.88. The molecule has 1 N–H and O–H groups in total. The number of rotatable bonds is 2. The highest BCUT2D eigenvalue weighted by atomic mass is 16.4. The highest BCUT2D eigenvalue weighted by Crippen LogP contribution is 2.24. The Bertz CT molecular complexity index is 447. The zero-order valence-corrected chi connectivity index (χ0v) is 10.2. The maximum absolute atomic E-state index is 12.2. The first kappa shape index (κ1) is 12.5. The number of carbonyl (C=O) groups excluding carboxylic acids is 1. The molecule has 0 saturated carbocycles. The molecule has 2 rings (SSSR count). The van der Waals surface area contributed by atoms with E-state index in [-0.39, 0.29) is 5.91 Å². The molecule has 2 heterocycles. The van der Waals surface area contributed by atoms with Crippen LogP contribution < -0.4 is 0 Å². The molecule has 5 heteroatoms. The predicted octanol–water partition coefficient (Wildman–Crippen LogP) is 1.41. The van der Waals surface area contributed by atoms with Gasteiger partial charge in [0.05, 0.1) is 0 Å². The molecule has 1 saturated heterocycles. The summed E-state index contributed by atoms with van der Waals surface area (Å²) in [6.45, 7) is 2.49. The van der Waals surface area contributed by atoms with E-state index < -0.39 is 12.0 Å². The van der Waals surface area contributed by atoms with Crippen molar-refractivity contribution in [1.82, 2.24) is 9.88 Å². The van der Waals surface area contributed by atoms with Gasteiger partial charge in [-0.15, -0.1) is 0 Å². The number of carboxylic acids is 1. The van der Waals surface area contributed by atoms with Crippen LogP contribution in [0.15, 0.2) is 24.4 Å². The average molecular weight is 248 g/mol. The Kier molecular flexibility index (Phi) is 3.60. The number of amides is 1. The van der Waals surface area contributed by atoms with Crippen LogP contribution in [0.5, 0.6) is 0 Å². The van der Waals surface area contributed by atoms with Gasteiger partial charge in [-0.3, -0.25) is 9.78 Å². The van der Waals surface area contributed by atoms with E-state index in [2.05, 4.69) is 4.98 Å². The van der Waals surface area contributed by atoms with Crippen molar-refractivity contribution in [3.05, 3.63) is 30.1 Å². The van der Waals surface area contributed by atoms with E-state index in [9.17, 15) is 14.7 Å². The van der Waals surface area contributed by atoms with Gasteiger partial charge >= 0.3 is 5.97 Å². The number of aromatic nitrogens is 1. The fraction of sp³-hybridized carbons (Fsp3) is 0.462. The van der Waals surface area contributed by atoms with Gasteiger partial charge in [-0.2, -0.15) is 0 Å². The molecule has 2 atom stereocenters. The quantitative estimate of drug-likeness (QED) is 0.859. The number of pyridine rings is 1. The van der Waals surface area contributed by atoms with Crippen molar-refractivity contribution in [3.8, 4) is 0 Å². The second kappa shape index (κ2) is 5.16. The first-order chi connectivity index (χ1) is 8.59. The number of carboxylic acid groups (broad SMARTS) is 1. The van der Waals surface area contributed by atoms with E-state index in [1.54, 1.807) is 18.2 Å². The number of hydrogen-bond acceptors (Lipinski definition) is 3. The highest BCUT2D eigenvalue weighted by molar-refractivity contribution is 5.95. The lowest BCUT2D eigenvalue weighted by atomic mass is 9.92. The third-order valence-corrected chi connectivity index (χ3v) is 3.29. The van der Waals surface area contributed by atoms with Crippen LogP contribution >= 0.6 is 0 Å². The van der Waals surface area contributed by atoms with E-state index in [1.165, 1.54) is 11.1 Å². The second-order valence-electron chi connectivity index (χ2n) is 4.70. The van der Waals surface area contributed by atoms with Crippen molar-refractivity contribution in [2.24, 2.45) is 5.92 Å². The number of piperidine rings is 1. The molecular weight excluding hydrogens is 232 g/mol. The van der Waals surface area contributed by atoms with E-state index in [0.717, 1.165) is 6.42 Å². The van der Waals surface area contributed by atoms with Gasteiger partial charge in [-0.05, 0) is 30.9 Å². The molecule has 1 fully saturated rings. The van der Waals surface area contributed by atoms with Crippen molar-refractivity contribution in [2.45, 2.75) is 25.8 Å². The number of hydrogen-bond donors (Lipinski definition) is 1. The Labute approximate surface area is 105 Å². The largest absolute Gasteiger partial charge is 0.480 e. The van der Waals surface area contributed by atoms with Gasteiger partial charge in [-0.25, -0.2) is 4.79 Å². The zero-order chi connectivity index (χ0) is 13.1. The number of carbonyl (C=O) groups is 2. The van der Waals surface area contributed by atoms with Gasteiger partial charge < -0.3 is 10.0 Å². The monoisotopic (exact) mass is 248 g/mol. The molecule has 18 heavy (non-hydrogen) atoms. The molecule has 96 valence electrons. The minimum atomic E-state index is -0.939. The van der Waals surface area contributed by atoms with E-state index in [1.807, 2.05) is 6.92 Å². The first-order valence-corrected chi connectivity index (χ1v) is 6.04. The molecule has 0 bridgehead atoms. The van der Waals surface area contributed by atoms with E-state index in [0.29, 0.717) is 24.6 Å². The molecule has 1 aromatic rings. The lowest BCUT2D eigenvalue weighted by Crippen LogP contribution is -2.49. The van der Waals surface area contributed by atoms with Crippen molar-refractivity contribution in [3.63, 3.8) is 0 Å². The van der Waals surface area contributed by atoms with Crippen LogP contribution in [0.4, 0.5) is 0 Å². The molecule has 1 aliphatic heterocycles. The topological polar surface area (TPSA) is 70.5 Å². The van der Waals surface area contributed by atoms with Crippen LogP contribution in [0, 0.1) is 5.92 Å². The smallest absolute Gasteiger partial charge is 0.326 e. The fourth-order valence-electron chi connectivity index (χ4n) is 2.26. The summed E-state index contributed by atoms with van der Waals surface area (Å²) in [7, 11) is 0. The lowest BCUT2D eigenvalue weighted by Gasteiger charge is -2.35. The Morgan fingerprint density at radius 1 is 1.44 bits per heavy atom. The van der Waals surface area contributed by atoms with E-state index >= 15 is 0 Å². The molecular formula is C13H16N2O3. The summed E-state index contributed by atoms with van der Waals surface area (Å²) >= 11 is 0. The zero-order valence-electron chi connectivity index (χ0n) is 10.2. The lowest BCUT2D eigenvalue weighted by molar-refractivity contribution is -0.144. The van der Waals surface area contributed by atoms with E-state index in [4.69, 9.17) is 0 Å². The molecule has 0 spiro atoms. The number of likely N-dealkylation sites (tertiary alicyclic amines) is 1. The van der Waals surface area contributed by atoms with Crippen LogP contribution in [-0.2, 0) is 4.79 Å². The van der Waals surface area contributed by atoms with Gasteiger partial charge in [0, 0.05) is 12.7 Å². The van der Waals surface area contributed by atoms with Crippen molar-refractivity contribution in [1.29, 1.82) is 0 Å². The Morgan fingerprint density at radius 2 is 2.22 bits per heavy atom. The normalized spacial score (nSPS) is 23.7. The second-order valence-corrected chi connectivity index (χ2v) is 4.70. The van der Waals surface area contributed by atoms with Crippen LogP contribution in [0.1, 0.15) is 30.3 Å². The summed E-state index contributed by atoms with van der Waals surface area (Å²) in [5.74, 6) is -0.903. The maximum atomic E-state index is 12.2. The number of nitrogens with zero attached hydrogens (tertiary/aromatic N) is 2. The van der Waals surface area contributed by atoms with Gasteiger partial charge in [0.2, 0.25) is 0 Å². The third-order valence-electron chi connectivity index (χ3n) is 3.29. The predicted molar refractivity (Wildman–Crippen MR) is 65.1 cm³/mol. The summed E-state index contributed by atoms with van der Waals surface area (Å²) in [4.78, 5) is 28.9. The van der Waals surface area contributed by atoms with Crippen LogP contribution in [0.2, 0.25) is 0 Å². The van der Waals surface area contributed by atoms with Crippen LogP contribution in [0.3, 0.4) is 0 Å². The summed E-state index contributed by atoms with van der Waals surface area (Å²) in [5.41, 5.74) is 0.304. The standard InChI is InChI=1S/C13H16N2O3/c1-9-5-7-15(11(8-9)13(17)18)12(16)10-4-2-3-6-14-10/h2-4,6,9,11H,5,7-8H2,1H3,(H,17,18). The minimum Gasteiger partial charge on any atom is -0.480 e. The summed E-state index contributed by atoms with van der Waals surface area (Å²) < 4.78 is 0. The number of aliphatic carboxylic acids is 1. The first-order valence-electron chi connectivity index (χ1n) is 6.04. The molecule has 0 aromatic carbocycles. The van der Waals surface area contributed by atoms with Crippen molar-refractivity contribution in [2.75, 3.05) is 6.54 Å². The Hall–Kier alpha value is -1.91. The molecule has 0 radical (unpaired) electrons. The summed E-state index contributed by atoms with van der Waals surface area (Å²) in [5, 5.41) is 9.21. The molecule has 5 nitrogen and oxygen atoms in total. The average Bonchev–Trinajstić information content (AvgIpc) is 2.39. The van der Waals surface area contributed by atoms with Crippen LogP contribution in [-0.4, -0.2) is 39.5 Å². The summed E-state index contributed by atoms with van der Waals surface area (Å²) in [6, 6.07) is 4.33.